The van der Waals surface area contributed by atoms with Crippen molar-refractivity contribution in [3.8, 4) is 0 Å². The highest BCUT2D eigenvalue weighted by Gasteiger charge is 2.14. The van der Waals surface area contributed by atoms with Gasteiger partial charge >= 0.3 is 7.12 Å². The van der Waals surface area contributed by atoms with Crippen molar-refractivity contribution in [2.24, 2.45) is 0 Å². The van der Waals surface area contributed by atoms with Gasteiger partial charge in [-0.1, -0.05) is 12.1 Å². The molecule has 0 aromatic heterocycles. The monoisotopic (exact) mass is 298 g/mol. The summed E-state index contributed by atoms with van der Waals surface area (Å²) in [6.07, 6.45) is 2.48. The van der Waals surface area contributed by atoms with Crippen LogP contribution in [0, 0.1) is 0 Å². The molecule has 0 radical (unpaired) electrons. The van der Waals surface area contributed by atoms with E-state index in [4.69, 9.17) is 10.0 Å². The number of nitrogens with zero attached hydrogens (tertiary/aromatic N) is 1. The summed E-state index contributed by atoms with van der Waals surface area (Å²) >= 11 is 0. The fourth-order valence-corrected chi connectivity index (χ4v) is 2.28. The molecule has 1 aromatic rings. The van der Waals surface area contributed by atoms with E-state index >= 15 is 0 Å². The van der Waals surface area contributed by atoms with Crippen molar-refractivity contribution < 1.29 is 14.8 Å². The largest absolute Gasteiger partial charge is 0.488 e. The molecule has 5 nitrogen and oxygen atoms in total. The quantitative estimate of drug-likeness (QED) is 0.648. The number of nitrogens with one attached hydrogen (secondary N) is 1. The molecule has 1 fully saturated rings. The number of amides is 1. The topological polar surface area (TPSA) is 72.8 Å². The molecule has 1 heterocycles. The van der Waals surface area contributed by atoms with E-state index in [0.717, 1.165) is 19.6 Å². The van der Waals surface area contributed by atoms with Crippen LogP contribution in [0.3, 0.4) is 0 Å². The van der Waals surface area contributed by atoms with Crippen LogP contribution in [-0.2, 0) is 0 Å². The number of hydrogen-bond acceptors (Lipinski definition) is 4. The van der Waals surface area contributed by atoms with Crippen LogP contribution < -0.4 is 10.8 Å². The number of halogens is 1. The smallest absolute Gasteiger partial charge is 0.423 e. The van der Waals surface area contributed by atoms with Crippen molar-refractivity contribution in [3.63, 3.8) is 0 Å². The molecule has 110 valence electrons. The Balaban J connectivity index is 0.00000200. The maximum absolute atomic E-state index is 11.9. The van der Waals surface area contributed by atoms with Crippen molar-refractivity contribution in [3.05, 3.63) is 29.8 Å². The summed E-state index contributed by atoms with van der Waals surface area (Å²) in [7, 11) is -1.54. The fourth-order valence-electron chi connectivity index (χ4n) is 2.28. The van der Waals surface area contributed by atoms with E-state index in [9.17, 15) is 4.79 Å². The van der Waals surface area contributed by atoms with E-state index in [0.29, 0.717) is 17.6 Å². The lowest BCUT2D eigenvalue weighted by atomic mass is 9.79. The van der Waals surface area contributed by atoms with Crippen LogP contribution in [0.5, 0.6) is 0 Å². The van der Waals surface area contributed by atoms with Gasteiger partial charge in [-0.3, -0.25) is 4.79 Å². The molecule has 0 bridgehead atoms. The highest BCUT2D eigenvalue weighted by Crippen LogP contribution is 2.05. The summed E-state index contributed by atoms with van der Waals surface area (Å²) in [6, 6.07) is 6.38. The summed E-state index contributed by atoms with van der Waals surface area (Å²) in [6.45, 7) is 3.71. The first-order valence-electron chi connectivity index (χ1n) is 6.63. The minimum atomic E-state index is -1.54. The third-order valence-electron chi connectivity index (χ3n) is 3.36. The second-order valence-electron chi connectivity index (χ2n) is 4.80. The molecule has 1 aliphatic rings. The van der Waals surface area contributed by atoms with E-state index in [-0.39, 0.29) is 18.3 Å². The van der Waals surface area contributed by atoms with Gasteiger partial charge in [0.25, 0.3) is 5.91 Å². The number of benzene rings is 1. The maximum Gasteiger partial charge on any atom is 0.488 e. The van der Waals surface area contributed by atoms with E-state index in [1.165, 1.54) is 18.9 Å². The van der Waals surface area contributed by atoms with Gasteiger partial charge in [-0.05, 0) is 43.5 Å². The molecule has 20 heavy (non-hydrogen) atoms. The maximum atomic E-state index is 11.9. The minimum Gasteiger partial charge on any atom is -0.423 e. The van der Waals surface area contributed by atoms with Crippen LogP contribution in [0.15, 0.2) is 24.3 Å². The van der Waals surface area contributed by atoms with Crippen molar-refractivity contribution in [1.29, 1.82) is 0 Å². The van der Waals surface area contributed by atoms with Gasteiger partial charge in [0.15, 0.2) is 0 Å². The SMILES string of the molecule is Cl.O=C(NCCN1CCCC1)c1cccc(B(O)O)c1. The molecule has 1 aliphatic heterocycles. The van der Waals surface area contributed by atoms with E-state index in [1.54, 1.807) is 18.2 Å². The first kappa shape index (κ1) is 17.0. The zero-order valence-corrected chi connectivity index (χ0v) is 12.1. The average Bonchev–Trinajstić information content (AvgIpc) is 2.92. The molecule has 1 aromatic carbocycles. The highest BCUT2D eigenvalue weighted by molar-refractivity contribution is 6.58. The molecule has 0 saturated carbocycles. The summed E-state index contributed by atoms with van der Waals surface area (Å²) in [5.41, 5.74) is 0.777. The van der Waals surface area contributed by atoms with Crippen LogP contribution >= 0.6 is 12.4 Å². The predicted molar refractivity (Wildman–Crippen MR) is 81.5 cm³/mol. The molecule has 3 N–H and O–H groups in total. The molecule has 0 atom stereocenters. The Bertz CT molecular complexity index is 439. The molecular weight excluding hydrogens is 278 g/mol. The third kappa shape index (κ3) is 4.79. The third-order valence-corrected chi connectivity index (χ3v) is 3.36. The molecule has 1 saturated heterocycles. The molecule has 0 spiro atoms. The Hall–Kier alpha value is -1.08. The van der Waals surface area contributed by atoms with Crippen LogP contribution in [0.2, 0.25) is 0 Å². The highest BCUT2D eigenvalue weighted by atomic mass is 35.5. The molecule has 1 amide bonds. The van der Waals surface area contributed by atoms with E-state index in [1.807, 2.05) is 0 Å². The summed E-state index contributed by atoms with van der Waals surface area (Å²) in [5.74, 6) is -0.179. The van der Waals surface area contributed by atoms with Crippen molar-refractivity contribution in [2.75, 3.05) is 26.2 Å². The van der Waals surface area contributed by atoms with E-state index < -0.39 is 7.12 Å². The first-order chi connectivity index (χ1) is 9.16. The van der Waals surface area contributed by atoms with Gasteiger partial charge in [0.2, 0.25) is 0 Å². The van der Waals surface area contributed by atoms with Crippen LogP contribution in [0.4, 0.5) is 0 Å². The Labute approximate surface area is 125 Å². The summed E-state index contributed by atoms with van der Waals surface area (Å²) in [4.78, 5) is 14.2. The molecule has 0 unspecified atom stereocenters. The second-order valence-corrected chi connectivity index (χ2v) is 4.80. The van der Waals surface area contributed by atoms with Crippen molar-refractivity contribution in [1.82, 2.24) is 10.2 Å². The number of rotatable bonds is 5. The lowest BCUT2D eigenvalue weighted by Crippen LogP contribution is -2.35. The molecular formula is C13H20BClN2O3. The molecule has 7 heteroatoms. The Morgan fingerprint density at radius 2 is 2.00 bits per heavy atom. The van der Waals surface area contributed by atoms with E-state index in [2.05, 4.69) is 10.2 Å². The second kappa shape index (κ2) is 8.27. The minimum absolute atomic E-state index is 0. The zero-order chi connectivity index (χ0) is 13.7. The lowest BCUT2D eigenvalue weighted by Gasteiger charge is -2.14. The van der Waals surface area contributed by atoms with Crippen LogP contribution in [0.1, 0.15) is 23.2 Å². The molecule has 2 rings (SSSR count). The number of hydrogen-bond donors (Lipinski definition) is 3. The Morgan fingerprint density at radius 3 is 2.65 bits per heavy atom. The van der Waals surface area contributed by atoms with Crippen molar-refractivity contribution in [2.45, 2.75) is 12.8 Å². The van der Waals surface area contributed by atoms with Gasteiger partial charge in [-0.2, -0.15) is 0 Å². The van der Waals surface area contributed by atoms with Crippen LogP contribution in [0.25, 0.3) is 0 Å². The summed E-state index contributed by atoms with van der Waals surface area (Å²) in [5, 5.41) is 21.0. The van der Waals surface area contributed by atoms with Gasteiger partial charge < -0.3 is 20.3 Å². The average molecular weight is 299 g/mol. The number of likely N-dealkylation sites (tertiary alicyclic amines) is 1. The van der Waals surface area contributed by atoms with Gasteiger partial charge in [0.1, 0.15) is 0 Å². The van der Waals surface area contributed by atoms with Crippen LogP contribution in [-0.4, -0.2) is 54.2 Å². The lowest BCUT2D eigenvalue weighted by molar-refractivity contribution is 0.0950. The number of carbonyl (C=O) groups excluding carboxylic acids is 1. The van der Waals surface area contributed by atoms with Gasteiger partial charge in [0.05, 0.1) is 0 Å². The fraction of sp³-hybridized carbons (Fsp3) is 0.462. The van der Waals surface area contributed by atoms with Crippen molar-refractivity contribution >= 4 is 30.9 Å². The Kier molecular flexibility index (Phi) is 7.02. The normalized spacial score (nSPS) is 14.7. The predicted octanol–water partition coefficient (Wildman–Crippen LogP) is -0.386. The number of carbonyl (C=O) groups is 1. The zero-order valence-electron chi connectivity index (χ0n) is 11.3. The summed E-state index contributed by atoms with van der Waals surface area (Å²) < 4.78 is 0. The van der Waals surface area contributed by atoms with Gasteiger partial charge in [-0.15, -0.1) is 12.4 Å². The molecule has 0 aliphatic carbocycles. The Morgan fingerprint density at radius 1 is 1.30 bits per heavy atom. The van der Waals surface area contributed by atoms with Gasteiger partial charge in [-0.25, -0.2) is 0 Å². The standard InChI is InChI=1S/C13H19BN2O3.ClH/c17-13(15-6-9-16-7-1-2-8-16)11-4-3-5-12(10-11)14(18)19;/h3-5,10,18-19H,1-2,6-9H2,(H,15,17);1H. The van der Waals surface area contributed by atoms with Gasteiger partial charge in [0, 0.05) is 18.7 Å². The first-order valence-corrected chi connectivity index (χ1v) is 6.63.